The first kappa shape index (κ1) is 12.4. The number of amides is 2. The van der Waals surface area contributed by atoms with Crippen LogP contribution in [-0.2, 0) is 9.59 Å². The van der Waals surface area contributed by atoms with E-state index >= 15 is 0 Å². The third kappa shape index (κ3) is 2.60. The molecule has 0 spiro atoms. The zero-order valence-electron chi connectivity index (χ0n) is 10.5. The van der Waals surface area contributed by atoms with E-state index in [0.717, 1.165) is 19.3 Å². The maximum Gasteiger partial charge on any atom is 0.242 e. The van der Waals surface area contributed by atoms with Crippen LogP contribution in [-0.4, -0.2) is 41.4 Å². The molecule has 2 aliphatic rings. The smallest absolute Gasteiger partial charge is 0.242 e. The molecule has 96 valence electrons. The Morgan fingerprint density at radius 2 is 2.00 bits per heavy atom. The van der Waals surface area contributed by atoms with Crippen LogP contribution in [0.3, 0.4) is 0 Å². The second-order valence-corrected chi connectivity index (χ2v) is 5.49. The van der Waals surface area contributed by atoms with Gasteiger partial charge in [-0.25, -0.2) is 0 Å². The van der Waals surface area contributed by atoms with Crippen LogP contribution in [0.25, 0.3) is 0 Å². The molecule has 1 aliphatic carbocycles. The van der Waals surface area contributed by atoms with E-state index in [-0.39, 0.29) is 17.9 Å². The van der Waals surface area contributed by atoms with E-state index in [1.54, 1.807) is 4.90 Å². The average Bonchev–Trinajstić information content (AvgIpc) is 2.99. The molecule has 17 heavy (non-hydrogen) atoms. The number of hydrogen-bond acceptors (Lipinski definition) is 3. The molecule has 1 aliphatic heterocycles. The molecule has 0 aromatic heterocycles. The minimum atomic E-state index is -0.717. The molecule has 1 saturated carbocycles. The summed E-state index contributed by atoms with van der Waals surface area (Å²) in [6.07, 6.45) is 2.94. The van der Waals surface area contributed by atoms with Crippen LogP contribution in [0, 0.1) is 5.92 Å². The molecule has 2 rings (SSSR count). The highest BCUT2D eigenvalue weighted by molar-refractivity contribution is 5.87. The van der Waals surface area contributed by atoms with Gasteiger partial charge in [0, 0.05) is 26.1 Å². The van der Waals surface area contributed by atoms with E-state index in [1.807, 2.05) is 6.92 Å². The van der Waals surface area contributed by atoms with Crippen LogP contribution in [0.1, 0.15) is 33.1 Å². The molecule has 0 aromatic carbocycles. The predicted octanol–water partition coefficient (Wildman–Crippen LogP) is -0.149. The van der Waals surface area contributed by atoms with Crippen LogP contribution in [0.2, 0.25) is 0 Å². The highest BCUT2D eigenvalue weighted by atomic mass is 16.2. The van der Waals surface area contributed by atoms with E-state index in [4.69, 9.17) is 5.73 Å². The lowest BCUT2D eigenvalue weighted by Crippen LogP contribution is -2.54. The molecule has 2 amide bonds. The van der Waals surface area contributed by atoms with Crippen molar-refractivity contribution in [3.05, 3.63) is 0 Å². The quantitative estimate of drug-likeness (QED) is 0.719. The van der Waals surface area contributed by atoms with Crippen molar-refractivity contribution in [3.63, 3.8) is 0 Å². The summed E-state index contributed by atoms with van der Waals surface area (Å²) in [6, 6.07) is 0.0893. The monoisotopic (exact) mass is 239 g/mol. The molecule has 1 heterocycles. The Balaban J connectivity index is 1.91. The number of carbonyl (C=O) groups excluding carboxylic acids is 2. The van der Waals surface area contributed by atoms with Crippen LogP contribution < -0.4 is 11.1 Å². The van der Waals surface area contributed by atoms with Crippen molar-refractivity contribution in [1.82, 2.24) is 10.2 Å². The maximum absolute atomic E-state index is 12.3. The summed E-state index contributed by atoms with van der Waals surface area (Å²) in [7, 11) is 0. The van der Waals surface area contributed by atoms with Gasteiger partial charge in [-0.3, -0.25) is 9.59 Å². The molecular weight excluding hydrogens is 218 g/mol. The number of nitrogens with one attached hydrogen (secondary N) is 1. The fourth-order valence-corrected chi connectivity index (χ4v) is 2.55. The van der Waals surface area contributed by atoms with Gasteiger partial charge in [0.05, 0.1) is 5.54 Å². The SMILES string of the molecule is CC(=O)NC1CCN(C(=O)C(C)(N)C2CC2)C1. The molecular formula is C12H21N3O2. The minimum Gasteiger partial charge on any atom is -0.352 e. The van der Waals surface area contributed by atoms with Gasteiger partial charge in [0.25, 0.3) is 0 Å². The van der Waals surface area contributed by atoms with E-state index < -0.39 is 5.54 Å². The van der Waals surface area contributed by atoms with Gasteiger partial charge < -0.3 is 16.0 Å². The van der Waals surface area contributed by atoms with Crippen LogP contribution >= 0.6 is 0 Å². The predicted molar refractivity (Wildman–Crippen MR) is 64.1 cm³/mol. The van der Waals surface area contributed by atoms with Crippen LogP contribution in [0.5, 0.6) is 0 Å². The molecule has 3 N–H and O–H groups in total. The van der Waals surface area contributed by atoms with Gasteiger partial charge in [-0.05, 0) is 32.1 Å². The van der Waals surface area contributed by atoms with Crippen molar-refractivity contribution in [1.29, 1.82) is 0 Å². The summed E-state index contributed by atoms with van der Waals surface area (Å²) in [6.45, 7) is 4.63. The number of nitrogens with two attached hydrogens (primary N) is 1. The van der Waals surface area contributed by atoms with Crippen LogP contribution in [0.4, 0.5) is 0 Å². The Bertz CT molecular complexity index is 337. The fraction of sp³-hybridized carbons (Fsp3) is 0.833. The third-order valence-corrected chi connectivity index (χ3v) is 3.77. The van der Waals surface area contributed by atoms with Gasteiger partial charge in [-0.2, -0.15) is 0 Å². The van der Waals surface area contributed by atoms with Crippen molar-refractivity contribution >= 4 is 11.8 Å². The normalized spacial score (nSPS) is 27.7. The summed E-state index contributed by atoms with van der Waals surface area (Å²) < 4.78 is 0. The van der Waals surface area contributed by atoms with E-state index in [9.17, 15) is 9.59 Å². The van der Waals surface area contributed by atoms with Gasteiger partial charge in [-0.1, -0.05) is 0 Å². The second kappa shape index (κ2) is 4.29. The number of likely N-dealkylation sites (tertiary alicyclic amines) is 1. The first-order chi connectivity index (χ1) is 7.91. The minimum absolute atomic E-state index is 0.0350. The van der Waals surface area contributed by atoms with Gasteiger partial charge in [-0.15, -0.1) is 0 Å². The summed E-state index contributed by atoms with van der Waals surface area (Å²) in [5.41, 5.74) is 5.40. The molecule has 0 aromatic rings. The van der Waals surface area contributed by atoms with Crippen molar-refractivity contribution in [2.75, 3.05) is 13.1 Å². The Morgan fingerprint density at radius 3 is 2.53 bits per heavy atom. The Hall–Kier alpha value is -1.10. The summed E-state index contributed by atoms with van der Waals surface area (Å²) >= 11 is 0. The average molecular weight is 239 g/mol. The molecule has 1 saturated heterocycles. The van der Waals surface area contributed by atoms with Gasteiger partial charge in [0.1, 0.15) is 0 Å². The first-order valence-corrected chi connectivity index (χ1v) is 6.26. The van der Waals surface area contributed by atoms with Crippen molar-refractivity contribution in [2.45, 2.75) is 44.7 Å². The largest absolute Gasteiger partial charge is 0.352 e. The first-order valence-electron chi connectivity index (χ1n) is 6.26. The molecule has 0 bridgehead atoms. The lowest BCUT2D eigenvalue weighted by atomic mass is 9.95. The zero-order valence-corrected chi connectivity index (χ0v) is 10.5. The summed E-state index contributed by atoms with van der Waals surface area (Å²) in [5.74, 6) is 0.338. The lowest BCUT2D eigenvalue weighted by molar-refractivity contribution is -0.136. The standard InChI is InChI=1S/C12H21N3O2/c1-8(16)14-10-5-6-15(7-10)11(17)12(2,13)9-3-4-9/h9-10H,3-7,13H2,1-2H3,(H,14,16). The van der Waals surface area contributed by atoms with E-state index in [1.165, 1.54) is 6.92 Å². The second-order valence-electron chi connectivity index (χ2n) is 5.49. The number of carbonyl (C=O) groups is 2. The Labute approximate surface area is 102 Å². The molecule has 0 radical (unpaired) electrons. The van der Waals surface area contributed by atoms with Crippen LogP contribution in [0.15, 0.2) is 0 Å². The third-order valence-electron chi connectivity index (χ3n) is 3.77. The summed E-state index contributed by atoms with van der Waals surface area (Å²) in [4.78, 5) is 25.0. The molecule has 5 nitrogen and oxygen atoms in total. The van der Waals surface area contributed by atoms with Gasteiger partial charge >= 0.3 is 0 Å². The maximum atomic E-state index is 12.3. The summed E-state index contributed by atoms with van der Waals surface area (Å²) in [5, 5.41) is 2.85. The Kier molecular flexibility index (Phi) is 3.12. The highest BCUT2D eigenvalue weighted by Gasteiger charge is 2.46. The van der Waals surface area contributed by atoms with Gasteiger partial charge in [0.2, 0.25) is 11.8 Å². The molecule has 2 fully saturated rings. The van der Waals surface area contributed by atoms with Crippen molar-refractivity contribution in [3.8, 4) is 0 Å². The van der Waals surface area contributed by atoms with Crippen molar-refractivity contribution in [2.24, 2.45) is 11.7 Å². The molecule has 2 atom stereocenters. The molecule has 2 unspecified atom stereocenters. The van der Waals surface area contributed by atoms with E-state index in [2.05, 4.69) is 5.32 Å². The lowest BCUT2D eigenvalue weighted by Gasteiger charge is -2.29. The number of rotatable bonds is 3. The topological polar surface area (TPSA) is 75.4 Å². The van der Waals surface area contributed by atoms with Crippen molar-refractivity contribution < 1.29 is 9.59 Å². The zero-order chi connectivity index (χ0) is 12.6. The fourth-order valence-electron chi connectivity index (χ4n) is 2.55. The Morgan fingerprint density at radius 1 is 1.35 bits per heavy atom. The van der Waals surface area contributed by atoms with Gasteiger partial charge in [0.15, 0.2) is 0 Å². The number of nitrogens with zero attached hydrogens (tertiary/aromatic N) is 1. The highest BCUT2D eigenvalue weighted by Crippen LogP contribution is 2.39. The number of hydrogen-bond donors (Lipinski definition) is 2. The molecule has 5 heteroatoms. The van der Waals surface area contributed by atoms with E-state index in [0.29, 0.717) is 19.0 Å².